The van der Waals surface area contributed by atoms with E-state index in [1.165, 1.54) is 0 Å². The summed E-state index contributed by atoms with van der Waals surface area (Å²) in [6.45, 7) is 4.55. The molecule has 150 valence electrons. The molecule has 0 saturated heterocycles. The Kier molecular flexibility index (Phi) is 5.70. The van der Waals surface area contributed by atoms with Crippen LogP contribution in [0.4, 0.5) is 11.4 Å². The Labute approximate surface area is 176 Å². The quantitative estimate of drug-likeness (QED) is 0.461. The van der Waals surface area contributed by atoms with Crippen LogP contribution in [0.5, 0.6) is 0 Å². The van der Waals surface area contributed by atoms with Crippen LogP contribution in [0.25, 0.3) is 22.0 Å². The van der Waals surface area contributed by atoms with Crippen molar-refractivity contribution in [1.82, 2.24) is 15.3 Å². The normalized spacial score (nSPS) is 10.7. The molecule has 4 aromatic rings. The largest absolute Gasteiger partial charge is 0.354 e. The number of carbonyl (C=O) groups excluding carboxylic acids is 1. The van der Waals surface area contributed by atoms with E-state index < -0.39 is 0 Å². The molecule has 2 N–H and O–H groups in total. The number of carbonyl (C=O) groups is 1. The number of anilines is 2. The molecule has 2 heterocycles. The third-order valence-electron chi connectivity index (χ3n) is 5.01. The lowest BCUT2D eigenvalue weighted by Crippen LogP contribution is -2.23. The van der Waals surface area contributed by atoms with Gasteiger partial charge < -0.3 is 10.6 Å². The molecule has 0 fully saturated rings. The summed E-state index contributed by atoms with van der Waals surface area (Å²) in [4.78, 5) is 21.8. The van der Waals surface area contributed by atoms with Gasteiger partial charge in [-0.2, -0.15) is 0 Å². The van der Waals surface area contributed by atoms with Gasteiger partial charge in [-0.25, -0.2) is 0 Å². The molecule has 0 aliphatic rings. The van der Waals surface area contributed by atoms with E-state index in [0.717, 1.165) is 45.5 Å². The maximum atomic E-state index is 12.7. The van der Waals surface area contributed by atoms with E-state index in [2.05, 4.69) is 39.7 Å². The topological polar surface area (TPSA) is 66.9 Å². The molecule has 0 aliphatic carbocycles. The first kappa shape index (κ1) is 19.6. The monoisotopic (exact) mass is 396 g/mol. The van der Waals surface area contributed by atoms with Gasteiger partial charge >= 0.3 is 0 Å². The smallest absolute Gasteiger partial charge is 0.254 e. The Morgan fingerprint density at radius 3 is 2.40 bits per heavy atom. The number of nitrogens with one attached hydrogen (secondary N) is 2. The molecule has 0 saturated carbocycles. The average molecular weight is 396 g/mol. The molecule has 5 heteroatoms. The van der Waals surface area contributed by atoms with Crippen molar-refractivity contribution in [2.24, 2.45) is 0 Å². The van der Waals surface area contributed by atoms with E-state index in [1.54, 1.807) is 6.20 Å². The van der Waals surface area contributed by atoms with Crippen LogP contribution < -0.4 is 10.6 Å². The number of para-hydroxylation sites is 1. The van der Waals surface area contributed by atoms with E-state index in [-0.39, 0.29) is 5.91 Å². The number of hydrogen-bond donors (Lipinski definition) is 2. The van der Waals surface area contributed by atoms with Crippen molar-refractivity contribution in [2.45, 2.75) is 20.3 Å². The minimum absolute atomic E-state index is 0.148. The maximum absolute atomic E-state index is 12.7. The van der Waals surface area contributed by atoms with Gasteiger partial charge in [0.05, 0.1) is 16.8 Å². The first-order chi connectivity index (χ1) is 14.7. The first-order valence-corrected chi connectivity index (χ1v) is 10.2. The van der Waals surface area contributed by atoms with Crippen LogP contribution in [-0.4, -0.2) is 22.4 Å². The highest BCUT2D eigenvalue weighted by Gasteiger charge is 2.16. The summed E-state index contributed by atoms with van der Waals surface area (Å²) in [6, 6.07) is 20.1. The SMILES string of the molecule is CCNC(=O)c1cnc2ccc(-c3ccc(CC)nc3)cc2c1Nc1ccccc1. The molecule has 4 rings (SSSR count). The third kappa shape index (κ3) is 4.01. The highest BCUT2D eigenvalue weighted by atomic mass is 16.1. The van der Waals surface area contributed by atoms with E-state index in [4.69, 9.17) is 0 Å². The summed E-state index contributed by atoms with van der Waals surface area (Å²) in [5.41, 5.74) is 6.12. The second-order valence-electron chi connectivity index (χ2n) is 7.02. The number of amides is 1. The van der Waals surface area contributed by atoms with Crippen LogP contribution in [0.2, 0.25) is 0 Å². The zero-order chi connectivity index (χ0) is 20.9. The van der Waals surface area contributed by atoms with E-state index in [0.29, 0.717) is 12.1 Å². The van der Waals surface area contributed by atoms with Gasteiger partial charge in [-0.05, 0) is 49.2 Å². The number of aryl methyl sites for hydroxylation is 1. The Bertz CT molecular complexity index is 1170. The summed E-state index contributed by atoms with van der Waals surface area (Å²) < 4.78 is 0. The standard InChI is InChI=1S/C25H24N4O/c1-3-19-12-10-18(15-27-19)17-11-13-23-21(14-17)24(29-20-8-6-5-7-9-20)22(16-28-23)25(30)26-4-2/h5-16H,3-4H2,1-2H3,(H,26,30)(H,28,29). The zero-order valence-electron chi connectivity index (χ0n) is 17.1. The van der Waals surface area contributed by atoms with E-state index >= 15 is 0 Å². The van der Waals surface area contributed by atoms with Crippen LogP contribution in [0.3, 0.4) is 0 Å². The van der Waals surface area contributed by atoms with Gasteiger partial charge in [0, 0.05) is 41.3 Å². The summed E-state index contributed by atoms with van der Waals surface area (Å²) in [6.07, 6.45) is 4.43. The summed E-state index contributed by atoms with van der Waals surface area (Å²) in [5, 5.41) is 7.21. The van der Waals surface area contributed by atoms with Crippen molar-refractivity contribution in [3.63, 3.8) is 0 Å². The molecule has 0 atom stereocenters. The van der Waals surface area contributed by atoms with Crippen molar-refractivity contribution in [1.29, 1.82) is 0 Å². The van der Waals surface area contributed by atoms with Gasteiger partial charge in [0.2, 0.25) is 0 Å². The van der Waals surface area contributed by atoms with Gasteiger partial charge in [0.25, 0.3) is 5.91 Å². The van der Waals surface area contributed by atoms with E-state index in [1.807, 2.05) is 61.7 Å². The number of pyridine rings is 2. The molecule has 0 bridgehead atoms. The molecular weight excluding hydrogens is 372 g/mol. The van der Waals surface area contributed by atoms with Crippen molar-refractivity contribution < 1.29 is 4.79 Å². The first-order valence-electron chi connectivity index (χ1n) is 10.2. The fourth-order valence-corrected chi connectivity index (χ4v) is 3.40. The van der Waals surface area contributed by atoms with Crippen molar-refractivity contribution in [3.05, 3.63) is 84.3 Å². The van der Waals surface area contributed by atoms with Gasteiger partial charge in [-0.1, -0.05) is 37.3 Å². The molecule has 0 radical (unpaired) electrons. The van der Waals surface area contributed by atoms with Crippen LogP contribution >= 0.6 is 0 Å². The average Bonchev–Trinajstić information content (AvgIpc) is 2.80. The minimum Gasteiger partial charge on any atom is -0.354 e. The highest BCUT2D eigenvalue weighted by molar-refractivity contribution is 6.08. The number of nitrogens with zero attached hydrogens (tertiary/aromatic N) is 2. The number of aromatic nitrogens is 2. The number of rotatable bonds is 6. The van der Waals surface area contributed by atoms with Gasteiger partial charge in [-0.15, -0.1) is 0 Å². The molecule has 0 aliphatic heterocycles. The molecule has 1 amide bonds. The predicted octanol–water partition coefficient (Wildman–Crippen LogP) is 5.35. The molecule has 0 unspecified atom stereocenters. The second kappa shape index (κ2) is 8.74. The van der Waals surface area contributed by atoms with Gasteiger partial charge in [0.15, 0.2) is 0 Å². The zero-order valence-corrected chi connectivity index (χ0v) is 17.1. The Morgan fingerprint density at radius 2 is 1.70 bits per heavy atom. The highest BCUT2D eigenvalue weighted by Crippen LogP contribution is 2.32. The molecule has 30 heavy (non-hydrogen) atoms. The Hall–Kier alpha value is -3.73. The number of hydrogen-bond acceptors (Lipinski definition) is 4. The fraction of sp³-hybridized carbons (Fsp3) is 0.160. The number of benzene rings is 2. The lowest BCUT2D eigenvalue weighted by molar-refractivity contribution is 0.0956. The van der Waals surface area contributed by atoms with Crippen LogP contribution in [0, 0.1) is 0 Å². The Balaban J connectivity index is 1.87. The molecular formula is C25H24N4O. The van der Waals surface area contributed by atoms with Crippen LogP contribution in [0.1, 0.15) is 29.9 Å². The lowest BCUT2D eigenvalue weighted by Gasteiger charge is -2.15. The summed E-state index contributed by atoms with van der Waals surface area (Å²) in [5.74, 6) is -0.148. The van der Waals surface area contributed by atoms with Gasteiger partial charge in [-0.3, -0.25) is 14.8 Å². The molecule has 5 nitrogen and oxygen atoms in total. The van der Waals surface area contributed by atoms with E-state index in [9.17, 15) is 4.79 Å². The summed E-state index contributed by atoms with van der Waals surface area (Å²) in [7, 11) is 0. The minimum atomic E-state index is -0.148. The van der Waals surface area contributed by atoms with Crippen LogP contribution in [0.15, 0.2) is 73.1 Å². The lowest BCUT2D eigenvalue weighted by atomic mass is 10.0. The van der Waals surface area contributed by atoms with Crippen LogP contribution in [-0.2, 0) is 6.42 Å². The maximum Gasteiger partial charge on any atom is 0.254 e. The third-order valence-corrected chi connectivity index (χ3v) is 5.01. The fourth-order valence-electron chi connectivity index (χ4n) is 3.40. The molecule has 0 spiro atoms. The molecule has 2 aromatic carbocycles. The number of fused-ring (bicyclic) bond motifs is 1. The Morgan fingerprint density at radius 1 is 0.900 bits per heavy atom. The van der Waals surface area contributed by atoms with Crippen molar-refractivity contribution >= 4 is 28.2 Å². The molecule has 2 aromatic heterocycles. The second-order valence-corrected chi connectivity index (χ2v) is 7.02. The van der Waals surface area contributed by atoms with Crippen molar-refractivity contribution in [3.8, 4) is 11.1 Å². The van der Waals surface area contributed by atoms with Crippen molar-refractivity contribution in [2.75, 3.05) is 11.9 Å². The van der Waals surface area contributed by atoms with Gasteiger partial charge in [0.1, 0.15) is 0 Å². The predicted molar refractivity (Wildman–Crippen MR) is 122 cm³/mol. The summed E-state index contributed by atoms with van der Waals surface area (Å²) >= 11 is 0.